The molecule has 3 aromatic rings. The lowest BCUT2D eigenvalue weighted by Crippen LogP contribution is -2.42. The van der Waals surface area contributed by atoms with E-state index in [1.807, 2.05) is 6.92 Å². The Bertz CT molecular complexity index is 1170. The number of aromatic nitrogens is 2. The predicted molar refractivity (Wildman–Crippen MR) is 113 cm³/mol. The molecule has 0 N–H and O–H groups in total. The van der Waals surface area contributed by atoms with Gasteiger partial charge in [0.25, 0.3) is 5.89 Å². The molecule has 1 aromatic heterocycles. The van der Waals surface area contributed by atoms with E-state index in [0.717, 1.165) is 18.6 Å². The van der Waals surface area contributed by atoms with Gasteiger partial charge in [-0.05, 0) is 42.7 Å². The molecule has 1 unspecified atom stereocenters. The van der Waals surface area contributed by atoms with Crippen LogP contribution in [0, 0.1) is 17.6 Å². The molecule has 1 saturated heterocycles. The molecule has 4 rings (SSSR count). The van der Waals surface area contributed by atoms with Gasteiger partial charge in [-0.1, -0.05) is 24.6 Å². The van der Waals surface area contributed by atoms with Crippen molar-refractivity contribution in [1.82, 2.24) is 15.1 Å². The molecule has 0 spiro atoms. The summed E-state index contributed by atoms with van der Waals surface area (Å²) in [6.45, 7) is 2.97. The highest BCUT2D eigenvalue weighted by Gasteiger charge is 2.29. The first-order valence-corrected chi connectivity index (χ1v) is 10.5. The summed E-state index contributed by atoms with van der Waals surface area (Å²) in [4.78, 5) is 16.2. The standard InChI is InChI=1S/C22H19ClF4N4O2/c1-12-6-7-30(10-12)22(32)31(15-4-5-17(24)16(23)9-15)11-14-3-2-13(8-18(14)25)20-28-29-21(33-20)19(26)27/h2-5,8-9,12,19H,6-7,10-11H2,1H3. The summed E-state index contributed by atoms with van der Waals surface area (Å²) in [6, 6.07) is 7.38. The second-order valence-corrected chi connectivity index (χ2v) is 8.27. The Kier molecular flexibility index (Phi) is 6.55. The van der Waals surface area contributed by atoms with E-state index in [2.05, 4.69) is 10.2 Å². The SMILES string of the molecule is CC1CCN(C(=O)N(Cc2ccc(-c3nnc(C(F)F)o3)cc2F)c2ccc(F)c(Cl)c2)C1. The van der Waals surface area contributed by atoms with Crippen LogP contribution in [0.25, 0.3) is 11.5 Å². The molecule has 0 radical (unpaired) electrons. The normalized spacial score (nSPS) is 16.0. The number of hydrogen-bond donors (Lipinski definition) is 0. The maximum absolute atomic E-state index is 14.9. The highest BCUT2D eigenvalue weighted by atomic mass is 35.5. The van der Waals surface area contributed by atoms with Crippen molar-refractivity contribution in [3.63, 3.8) is 0 Å². The summed E-state index contributed by atoms with van der Waals surface area (Å²) >= 11 is 5.92. The van der Waals surface area contributed by atoms with Crippen LogP contribution in [0.3, 0.4) is 0 Å². The van der Waals surface area contributed by atoms with E-state index < -0.39 is 24.0 Å². The van der Waals surface area contributed by atoms with Crippen LogP contribution in [0.2, 0.25) is 5.02 Å². The van der Waals surface area contributed by atoms with Crippen LogP contribution in [0.1, 0.15) is 31.2 Å². The van der Waals surface area contributed by atoms with Crippen molar-refractivity contribution in [2.24, 2.45) is 5.92 Å². The first kappa shape index (κ1) is 23.0. The first-order valence-electron chi connectivity index (χ1n) is 10.1. The van der Waals surface area contributed by atoms with E-state index in [0.29, 0.717) is 24.7 Å². The monoisotopic (exact) mass is 482 g/mol. The summed E-state index contributed by atoms with van der Waals surface area (Å²) in [7, 11) is 0. The van der Waals surface area contributed by atoms with Crippen LogP contribution in [0.5, 0.6) is 0 Å². The molecule has 2 heterocycles. The number of hydrogen-bond acceptors (Lipinski definition) is 4. The lowest BCUT2D eigenvalue weighted by molar-refractivity contribution is 0.116. The van der Waals surface area contributed by atoms with Gasteiger partial charge in [-0.3, -0.25) is 4.90 Å². The van der Waals surface area contributed by atoms with E-state index in [1.165, 1.54) is 29.2 Å². The number of alkyl halides is 2. The largest absolute Gasteiger partial charge is 0.415 e. The van der Waals surface area contributed by atoms with Gasteiger partial charge in [0.05, 0.1) is 11.6 Å². The lowest BCUT2D eigenvalue weighted by Gasteiger charge is -2.28. The van der Waals surface area contributed by atoms with Gasteiger partial charge < -0.3 is 9.32 Å². The number of carbonyl (C=O) groups is 1. The maximum Gasteiger partial charge on any atom is 0.324 e. The smallest absolute Gasteiger partial charge is 0.324 e. The van der Waals surface area contributed by atoms with Gasteiger partial charge in [0, 0.05) is 29.9 Å². The molecule has 1 aliphatic heterocycles. The number of amides is 2. The zero-order chi connectivity index (χ0) is 23.7. The molecule has 0 bridgehead atoms. The topological polar surface area (TPSA) is 62.5 Å². The fourth-order valence-electron chi connectivity index (χ4n) is 3.62. The van der Waals surface area contributed by atoms with Crippen LogP contribution < -0.4 is 4.90 Å². The van der Waals surface area contributed by atoms with Crippen molar-refractivity contribution in [2.45, 2.75) is 26.3 Å². The van der Waals surface area contributed by atoms with Crippen LogP contribution >= 0.6 is 11.6 Å². The number of rotatable bonds is 5. The van der Waals surface area contributed by atoms with E-state index >= 15 is 0 Å². The highest BCUT2D eigenvalue weighted by Crippen LogP contribution is 2.29. The van der Waals surface area contributed by atoms with Crippen LogP contribution in [0.4, 0.5) is 28.0 Å². The number of halogens is 5. The zero-order valence-electron chi connectivity index (χ0n) is 17.4. The van der Waals surface area contributed by atoms with Gasteiger partial charge in [-0.2, -0.15) is 8.78 Å². The molecule has 11 heteroatoms. The van der Waals surface area contributed by atoms with Gasteiger partial charge in [0.2, 0.25) is 5.89 Å². The Morgan fingerprint density at radius 1 is 1.21 bits per heavy atom. The molecule has 6 nitrogen and oxygen atoms in total. The van der Waals surface area contributed by atoms with Crippen molar-refractivity contribution < 1.29 is 26.8 Å². The van der Waals surface area contributed by atoms with Crippen molar-refractivity contribution >= 4 is 23.3 Å². The summed E-state index contributed by atoms with van der Waals surface area (Å²) < 4.78 is 58.9. The third-order valence-electron chi connectivity index (χ3n) is 5.40. The van der Waals surface area contributed by atoms with Crippen molar-refractivity contribution in [1.29, 1.82) is 0 Å². The number of anilines is 1. The number of nitrogens with zero attached hydrogens (tertiary/aromatic N) is 4. The fraction of sp³-hybridized carbons (Fsp3) is 0.318. The highest BCUT2D eigenvalue weighted by molar-refractivity contribution is 6.31. The molecule has 0 aliphatic carbocycles. The minimum Gasteiger partial charge on any atom is -0.415 e. The van der Waals surface area contributed by atoms with E-state index in [4.69, 9.17) is 16.0 Å². The molecule has 2 aromatic carbocycles. The number of urea groups is 1. The Morgan fingerprint density at radius 2 is 2.00 bits per heavy atom. The van der Waals surface area contributed by atoms with Crippen molar-refractivity contribution in [2.75, 3.05) is 18.0 Å². The van der Waals surface area contributed by atoms with Crippen molar-refractivity contribution in [3.05, 3.63) is 64.5 Å². The average Bonchev–Trinajstić information content (AvgIpc) is 3.44. The second-order valence-electron chi connectivity index (χ2n) is 7.86. The molecule has 1 aliphatic rings. The minimum absolute atomic E-state index is 0.117. The number of likely N-dealkylation sites (tertiary alicyclic amines) is 1. The Hall–Kier alpha value is -3.14. The number of benzene rings is 2. The minimum atomic E-state index is -2.94. The first-order chi connectivity index (χ1) is 15.7. The molecule has 174 valence electrons. The lowest BCUT2D eigenvalue weighted by atomic mass is 10.1. The van der Waals surface area contributed by atoms with Crippen LogP contribution in [-0.2, 0) is 6.54 Å². The zero-order valence-corrected chi connectivity index (χ0v) is 18.2. The molecule has 1 fully saturated rings. The summed E-state index contributed by atoms with van der Waals surface area (Å²) in [5.74, 6) is -2.12. The van der Waals surface area contributed by atoms with Gasteiger partial charge >= 0.3 is 12.5 Å². The van der Waals surface area contributed by atoms with Gasteiger partial charge in [-0.15, -0.1) is 10.2 Å². The third kappa shape index (κ3) is 4.95. The van der Waals surface area contributed by atoms with Crippen LogP contribution in [0.15, 0.2) is 40.8 Å². The molecule has 2 amide bonds. The van der Waals surface area contributed by atoms with Gasteiger partial charge in [0.15, 0.2) is 0 Å². The molecular formula is C22H19ClF4N4O2. The summed E-state index contributed by atoms with van der Waals surface area (Å²) in [5.41, 5.74) is 0.577. The Labute approximate surface area is 191 Å². The molecule has 33 heavy (non-hydrogen) atoms. The Morgan fingerprint density at radius 3 is 2.61 bits per heavy atom. The summed E-state index contributed by atoms with van der Waals surface area (Å²) in [6.07, 6.45) is -2.09. The Balaban J connectivity index is 1.63. The third-order valence-corrected chi connectivity index (χ3v) is 5.69. The van der Waals surface area contributed by atoms with Gasteiger partial charge in [-0.25, -0.2) is 13.6 Å². The van der Waals surface area contributed by atoms with E-state index in [-0.39, 0.29) is 34.6 Å². The van der Waals surface area contributed by atoms with E-state index in [9.17, 15) is 22.4 Å². The van der Waals surface area contributed by atoms with E-state index in [1.54, 1.807) is 4.90 Å². The molecule has 0 saturated carbocycles. The van der Waals surface area contributed by atoms with Gasteiger partial charge in [0.1, 0.15) is 11.6 Å². The molecule has 1 atom stereocenters. The average molecular weight is 483 g/mol. The number of carbonyl (C=O) groups excluding carboxylic acids is 1. The summed E-state index contributed by atoms with van der Waals surface area (Å²) in [5, 5.41) is 6.57. The predicted octanol–water partition coefficient (Wildman–Crippen LogP) is 6.07. The quantitative estimate of drug-likeness (QED) is 0.414. The van der Waals surface area contributed by atoms with Crippen LogP contribution in [-0.4, -0.2) is 34.2 Å². The molecular weight excluding hydrogens is 464 g/mol. The maximum atomic E-state index is 14.9. The fourth-order valence-corrected chi connectivity index (χ4v) is 3.79. The second kappa shape index (κ2) is 9.38. The van der Waals surface area contributed by atoms with Crippen molar-refractivity contribution in [3.8, 4) is 11.5 Å².